The fraction of sp³-hybridized carbons (Fsp3) is 0.467. The van der Waals surface area contributed by atoms with E-state index in [2.05, 4.69) is 17.1 Å². The Balaban J connectivity index is 1.78. The fourth-order valence-corrected chi connectivity index (χ4v) is 2.32. The van der Waals surface area contributed by atoms with Gasteiger partial charge in [-0.1, -0.05) is 6.92 Å². The molecule has 0 aliphatic carbocycles. The number of carbonyl (C=O) groups is 2. The molecule has 1 fully saturated rings. The van der Waals surface area contributed by atoms with Gasteiger partial charge in [-0.25, -0.2) is 0 Å². The average molecular weight is 290 g/mol. The molecule has 0 saturated carbocycles. The predicted octanol–water partition coefficient (Wildman–Crippen LogP) is 0.163. The van der Waals surface area contributed by atoms with Crippen LogP contribution in [0.1, 0.15) is 17.3 Å². The minimum absolute atomic E-state index is 0.0328. The zero-order chi connectivity index (χ0) is 15.2. The minimum Gasteiger partial charge on any atom is -0.399 e. The third-order valence-corrected chi connectivity index (χ3v) is 3.75. The number of nitrogens with one attached hydrogen (secondary N) is 1. The summed E-state index contributed by atoms with van der Waals surface area (Å²) in [6.07, 6.45) is 0. The second kappa shape index (κ2) is 7.08. The summed E-state index contributed by atoms with van der Waals surface area (Å²) >= 11 is 0. The molecule has 0 bridgehead atoms. The molecule has 21 heavy (non-hydrogen) atoms. The van der Waals surface area contributed by atoms with E-state index in [-0.39, 0.29) is 18.4 Å². The van der Waals surface area contributed by atoms with Crippen molar-refractivity contribution in [3.8, 4) is 0 Å². The second-order valence-corrected chi connectivity index (χ2v) is 5.12. The average Bonchev–Trinajstić information content (AvgIpc) is 2.53. The van der Waals surface area contributed by atoms with E-state index in [1.807, 2.05) is 0 Å². The first-order chi connectivity index (χ1) is 10.1. The first-order valence-electron chi connectivity index (χ1n) is 7.24. The zero-order valence-corrected chi connectivity index (χ0v) is 12.3. The van der Waals surface area contributed by atoms with Gasteiger partial charge in [0, 0.05) is 37.4 Å². The van der Waals surface area contributed by atoms with Crippen molar-refractivity contribution in [3.63, 3.8) is 0 Å². The van der Waals surface area contributed by atoms with Crippen LogP contribution in [0.3, 0.4) is 0 Å². The Labute approximate surface area is 124 Å². The molecule has 1 aromatic carbocycles. The second-order valence-electron chi connectivity index (χ2n) is 5.12. The third-order valence-electron chi connectivity index (χ3n) is 3.75. The summed E-state index contributed by atoms with van der Waals surface area (Å²) in [4.78, 5) is 28.1. The van der Waals surface area contributed by atoms with Crippen LogP contribution < -0.4 is 11.1 Å². The highest BCUT2D eigenvalue weighted by molar-refractivity contribution is 5.96. The largest absolute Gasteiger partial charge is 0.399 e. The highest BCUT2D eigenvalue weighted by atomic mass is 16.2. The van der Waals surface area contributed by atoms with Gasteiger partial charge >= 0.3 is 0 Å². The standard InChI is InChI=1S/C15H22N4O2/c1-2-18-7-9-19(10-8-18)14(20)11-17-15(21)12-3-5-13(16)6-4-12/h3-6H,2,7-11,16H2,1H3,(H,17,21). The molecule has 6 nitrogen and oxygen atoms in total. The van der Waals surface area contributed by atoms with Gasteiger partial charge in [0.15, 0.2) is 0 Å². The van der Waals surface area contributed by atoms with Gasteiger partial charge in [0.25, 0.3) is 5.91 Å². The Hall–Kier alpha value is -2.08. The monoisotopic (exact) mass is 290 g/mol. The summed E-state index contributed by atoms with van der Waals surface area (Å²) in [5.74, 6) is -0.287. The van der Waals surface area contributed by atoms with Crippen LogP contribution in [0.5, 0.6) is 0 Å². The van der Waals surface area contributed by atoms with E-state index in [1.165, 1.54) is 0 Å². The van der Waals surface area contributed by atoms with Crippen LogP contribution in [0, 0.1) is 0 Å². The summed E-state index contributed by atoms with van der Waals surface area (Å²) in [6.45, 7) is 6.41. The molecule has 114 valence electrons. The minimum atomic E-state index is -0.254. The van der Waals surface area contributed by atoms with Gasteiger partial charge in [-0.15, -0.1) is 0 Å². The van der Waals surface area contributed by atoms with Crippen molar-refractivity contribution >= 4 is 17.5 Å². The molecule has 0 radical (unpaired) electrons. The quantitative estimate of drug-likeness (QED) is 0.775. The van der Waals surface area contributed by atoms with Crippen molar-refractivity contribution in [2.24, 2.45) is 0 Å². The number of anilines is 1. The number of likely N-dealkylation sites (N-methyl/N-ethyl adjacent to an activating group) is 1. The van der Waals surface area contributed by atoms with E-state index in [4.69, 9.17) is 5.73 Å². The molecule has 3 N–H and O–H groups in total. The third kappa shape index (κ3) is 4.19. The molecule has 2 amide bonds. The summed E-state index contributed by atoms with van der Waals surface area (Å²) in [5, 5.41) is 2.66. The lowest BCUT2D eigenvalue weighted by atomic mass is 10.2. The molecule has 1 aliphatic rings. The Bertz CT molecular complexity index is 493. The van der Waals surface area contributed by atoms with Crippen LogP contribution >= 0.6 is 0 Å². The van der Waals surface area contributed by atoms with Crippen molar-refractivity contribution < 1.29 is 9.59 Å². The van der Waals surface area contributed by atoms with E-state index >= 15 is 0 Å². The number of benzene rings is 1. The van der Waals surface area contributed by atoms with Crippen LogP contribution in [0.15, 0.2) is 24.3 Å². The molecule has 6 heteroatoms. The molecule has 0 spiro atoms. The molecule has 0 aromatic heterocycles. The summed E-state index contributed by atoms with van der Waals surface area (Å²) < 4.78 is 0. The number of rotatable bonds is 4. The first-order valence-corrected chi connectivity index (χ1v) is 7.24. The van der Waals surface area contributed by atoms with Gasteiger partial charge in [0.2, 0.25) is 5.91 Å². The van der Waals surface area contributed by atoms with Gasteiger partial charge in [-0.3, -0.25) is 9.59 Å². The van der Waals surface area contributed by atoms with E-state index in [0.29, 0.717) is 11.3 Å². The van der Waals surface area contributed by atoms with Crippen LogP contribution in [-0.2, 0) is 4.79 Å². The van der Waals surface area contributed by atoms with E-state index in [0.717, 1.165) is 32.7 Å². The molecule has 0 unspecified atom stereocenters. The van der Waals surface area contributed by atoms with Crippen molar-refractivity contribution in [2.45, 2.75) is 6.92 Å². The Kier molecular flexibility index (Phi) is 5.16. The topological polar surface area (TPSA) is 78.7 Å². The van der Waals surface area contributed by atoms with E-state index in [1.54, 1.807) is 29.2 Å². The van der Waals surface area contributed by atoms with E-state index < -0.39 is 0 Å². The SMILES string of the molecule is CCN1CCN(C(=O)CNC(=O)c2ccc(N)cc2)CC1. The normalized spacial score (nSPS) is 15.8. The number of nitrogens with zero attached hydrogens (tertiary/aromatic N) is 2. The molecule has 2 rings (SSSR count). The molecule has 0 atom stereocenters. The summed E-state index contributed by atoms with van der Waals surface area (Å²) in [7, 11) is 0. The van der Waals surface area contributed by atoms with Gasteiger partial charge < -0.3 is 20.9 Å². The predicted molar refractivity (Wildman–Crippen MR) is 81.9 cm³/mol. The summed E-state index contributed by atoms with van der Waals surface area (Å²) in [6, 6.07) is 6.63. The smallest absolute Gasteiger partial charge is 0.251 e. The van der Waals surface area contributed by atoms with Gasteiger partial charge in [-0.2, -0.15) is 0 Å². The lowest BCUT2D eigenvalue weighted by Crippen LogP contribution is -2.51. The fourth-order valence-electron chi connectivity index (χ4n) is 2.32. The maximum atomic E-state index is 12.1. The number of nitrogens with two attached hydrogens (primary N) is 1. The Morgan fingerprint density at radius 3 is 2.33 bits per heavy atom. The van der Waals surface area contributed by atoms with Crippen molar-refractivity contribution in [2.75, 3.05) is 45.0 Å². The Morgan fingerprint density at radius 1 is 1.14 bits per heavy atom. The number of hydrogen-bond acceptors (Lipinski definition) is 4. The lowest BCUT2D eigenvalue weighted by molar-refractivity contribution is -0.131. The van der Waals surface area contributed by atoms with Gasteiger partial charge in [-0.05, 0) is 30.8 Å². The van der Waals surface area contributed by atoms with Crippen molar-refractivity contribution in [1.82, 2.24) is 15.1 Å². The van der Waals surface area contributed by atoms with Crippen LogP contribution in [0.25, 0.3) is 0 Å². The number of hydrogen-bond donors (Lipinski definition) is 2. The molecule has 1 aliphatic heterocycles. The Morgan fingerprint density at radius 2 is 1.76 bits per heavy atom. The van der Waals surface area contributed by atoms with Crippen molar-refractivity contribution in [3.05, 3.63) is 29.8 Å². The maximum Gasteiger partial charge on any atom is 0.251 e. The number of amides is 2. The van der Waals surface area contributed by atoms with Gasteiger partial charge in [0.1, 0.15) is 0 Å². The van der Waals surface area contributed by atoms with Gasteiger partial charge in [0.05, 0.1) is 6.54 Å². The summed E-state index contributed by atoms with van der Waals surface area (Å²) in [5.41, 5.74) is 6.69. The van der Waals surface area contributed by atoms with E-state index in [9.17, 15) is 9.59 Å². The molecule has 1 saturated heterocycles. The molecule has 1 aromatic rings. The molecular formula is C15H22N4O2. The van der Waals surface area contributed by atoms with Crippen LogP contribution in [-0.4, -0.2) is 60.9 Å². The zero-order valence-electron chi connectivity index (χ0n) is 12.3. The first kappa shape index (κ1) is 15.3. The number of nitrogen functional groups attached to an aromatic ring is 1. The molecular weight excluding hydrogens is 268 g/mol. The highest BCUT2D eigenvalue weighted by Crippen LogP contribution is 2.05. The number of piperazine rings is 1. The van der Waals surface area contributed by atoms with Crippen molar-refractivity contribution in [1.29, 1.82) is 0 Å². The maximum absolute atomic E-state index is 12.1. The lowest BCUT2D eigenvalue weighted by Gasteiger charge is -2.34. The highest BCUT2D eigenvalue weighted by Gasteiger charge is 2.20. The molecule has 1 heterocycles. The van der Waals surface area contributed by atoms with Crippen LogP contribution in [0.4, 0.5) is 5.69 Å². The van der Waals surface area contributed by atoms with Crippen LogP contribution in [0.2, 0.25) is 0 Å². The number of carbonyl (C=O) groups excluding carboxylic acids is 2.